The highest BCUT2D eigenvalue weighted by Crippen LogP contribution is 2.23. The fourth-order valence-corrected chi connectivity index (χ4v) is 3.51. The summed E-state index contributed by atoms with van der Waals surface area (Å²) in [6, 6.07) is 18.2. The maximum atomic E-state index is 13.3. The third-order valence-corrected chi connectivity index (χ3v) is 4.99. The monoisotopic (exact) mass is 430 g/mol. The van der Waals surface area contributed by atoms with Gasteiger partial charge in [-0.15, -0.1) is 0 Å². The molecule has 162 valence electrons. The second-order valence-electron chi connectivity index (χ2n) is 7.83. The fourth-order valence-electron chi connectivity index (χ4n) is 3.51. The Balaban J connectivity index is 1.58. The number of carbonyl (C=O) groups is 2. The van der Waals surface area contributed by atoms with Crippen molar-refractivity contribution in [3.05, 3.63) is 89.5 Å². The van der Waals surface area contributed by atoms with Crippen LogP contribution in [0.2, 0.25) is 0 Å². The van der Waals surface area contributed by atoms with E-state index in [0.29, 0.717) is 16.8 Å². The van der Waals surface area contributed by atoms with E-state index in [2.05, 4.69) is 15.6 Å². The van der Waals surface area contributed by atoms with Gasteiger partial charge in [-0.05, 0) is 87.5 Å². The number of aromatic nitrogens is 2. The Hall–Kier alpha value is -4.00. The van der Waals surface area contributed by atoms with Crippen molar-refractivity contribution < 1.29 is 14.0 Å². The van der Waals surface area contributed by atoms with E-state index < -0.39 is 0 Å². The van der Waals surface area contributed by atoms with Crippen LogP contribution in [0.25, 0.3) is 16.7 Å². The second-order valence-corrected chi connectivity index (χ2v) is 7.83. The fraction of sp³-hybridized carbons (Fsp3) is 0.160. The summed E-state index contributed by atoms with van der Waals surface area (Å²) in [5, 5.41) is 5.68. The van der Waals surface area contributed by atoms with Gasteiger partial charge >= 0.3 is 0 Å². The molecule has 1 aromatic heterocycles. The molecule has 7 heteroatoms. The SMILES string of the molecule is Cc1nc2ccc(C(=O)Nc3ccc(C(=O)NC(C)C)cc3)cc2n1-c1ccc(F)cc1. The van der Waals surface area contributed by atoms with Gasteiger partial charge in [0.1, 0.15) is 11.6 Å². The van der Waals surface area contributed by atoms with E-state index in [1.54, 1.807) is 54.6 Å². The molecule has 4 rings (SSSR count). The van der Waals surface area contributed by atoms with Crippen LogP contribution in [0.5, 0.6) is 0 Å². The van der Waals surface area contributed by atoms with E-state index in [1.165, 1.54) is 12.1 Å². The molecule has 0 saturated heterocycles. The van der Waals surface area contributed by atoms with Crippen molar-refractivity contribution in [2.45, 2.75) is 26.8 Å². The largest absolute Gasteiger partial charge is 0.350 e. The van der Waals surface area contributed by atoms with Crippen molar-refractivity contribution in [2.75, 3.05) is 5.32 Å². The number of benzene rings is 3. The number of rotatable bonds is 5. The van der Waals surface area contributed by atoms with Crippen LogP contribution < -0.4 is 10.6 Å². The second kappa shape index (κ2) is 8.63. The number of nitrogens with zero attached hydrogens (tertiary/aromatic N) is 2. The first kappa shape index (κ1) is 21.2. The molecule has 2 N–H and O–H groups in total. The molecule has 3 aromatic carbocycles. The Kier molecular flexibility index (Phi) is 5.73. The number of nitrogens with one attached hydrogen (secondary N) is 2. The van der Waals surface area contributed by atoms with Gasteiger partial charge in [0.25, 0.3) is 11.8 Å². The minimum absolute atomic E-state index is 0.0452. The van der Waals surface area contributed by atoms with Gasteiger partial charge in [0.15, 0.2) is 0 Å². The van der Waals surface area contributed by atoms with Crippen molar-refractivity contribution in [2.24, 2.45) is 0 Å². The first-order chi connectivity index (χ1) is 15.3. The lowest BCUT2D eigenvalue weighted by Gasteiger charge is -2.10. The number of halogens is 1. The summed E-state index contributed by atoms with van der Waals surface area (Å²) in [7, 11) is 0. The van der Waals surface area contributed by atoms with Crippen molar-refractivity contribution in [3.63, 3.8) is 0 Å². The van der Waals surface area contributed by atoms with Gasteiger partial charge in [0.05, 0.1) is 11.0 Å². The van der Waals surface area contributed by atoms with Crippen LogP contribution in [-0.4, -0.2) is 27.4 Å². The predicted molar refractivity (Wildman–Crippen MR) is 123 cm³/mol. The van der Waals surface area contributed by atoms with Gasteiger partial charge in [0.2, 0.25) is 0 Å². The molecule has 0 fully saturated rings. The normalized spacial score (nSPS) is 11.0. The van der Waals surface area contributed by atoms with Crippen LogP contribution in [0.4, 0.5) is 10.1 Å². The van der Waals surface area contributed by atoms with Crippen molar-refractivity contribution >= 4 is 28.5 Å². The number of fused-ring (bicyclic) bond motifs is 1. The van der Waals surface area contributed by atoms with Gasteiger partial charge in [-0.3, -0.25) is 14.2 Å². The zero-order valence-corrected chi connectivity index (χ0v) is 18.0. The average Bonchev–Trinajstić information content (AvgIpc) is 3.09. The molecule has 2 amide bonds. The summed E-state index contributed by atoms with van der Waals surface area (Å²) in [6.07, 6.45) is 0. The van der Waals surface area contributed by atoms with Gasteiger partial charge in [-0.1, -0.05) is 0 Å². The molecule has 0 saturated carbocycles. The first-order valence-electron chi connectivity index (χ1n) is 10.3. The van der Waals surface area contributed by atoms with Crippen LogP contribution in [0.1, 0.15) is 40.4 Å². The van der Waals surface area contributed by atoms with Crippen LogP contribution >= 0.6 is 0 Å². The topological polar surface area (TPSA) is 76.0 Å². The van der Waals surface area contributed by atoms with E-state index in [-0.39, 0.29) is 23.7 Å². The lowest BCUT2D eigenvalue weighted by Crippen LogP contribution is -2.30. The molecule has 4 aromatic rings. The quantitative estimate of drug-likeness (QED) is 0.475. The third kappa shape index (κ3) is 4.37. The molecule has 0 aliphatic carbocycles. The molecule has 0 radical (unpaired) electrons. The van der Waals surface area contributed by atoms with E-state index >= 15 is 0 Å². The summed E-state index contributed by atoms with van der Waals surface area (Å²) in [4.78, 5) is 29.5. The average molecular weight is 430 g/mol. The molecule has 32 heavy (non-hydrogen) atoms. The molecule has 0 aliphatic heterocycles. The Morgan fingerprint density at radius 2 is 1.56 bits per heavy atom. The number of carbonyl (C=O) groups excluding carboxylic acids is 2. The molecule has 6 nitrogen and oxygen atoms in total. The van der Waals surface area contributed by atoms with Crippen LogP contribution in [0.15, 0.2) is 66.7 Å². The van der Waals surface area contributed by atoms with E-state index in [0.717, 1.165) is 22.5 Å². The highest BCUT2D eigenvalue weighted by molar-refractivity contribution is 6.06. The van der Waals surface area contributed by atoms with E-state index in [9.17, 15) is 14.0 Å². The molecular weight excluding hydrogens is 407 g/mol. The van der Waals surface area contributed by atoms with Gasteiger partial charge in [-0.2, -0.15) is 0 Å². The van der Waals surface area contributed by atoms with Crippen molar-refractivity contribution in [1.29, 1.82) is 0 Å². The van der Waals surface area contributed by atoms with E-state index in [4.69, 9.17) is 0 Å². The summed E-state index contributed by atoms with van der Waals surface area (Å²) >= 11 is 0. The molecule has 0 atom stereocenters. The predicted octanol–water partition coefficient (Wildman–Crippen LogP) is 4.86. The number of hydrogen-bond acceptors (Lipinski definition) is 3. The maximum absolute atomic E-state index is 13.3. The number of hydrogen-bond donors (Lipinski definition) is 2. The molecule has 0 spiro atoms. The number of aryl methyl sites for hydroxylation is 1. The Morgan fingerprint density at radius 1 is 0.906 bits per heavy atom. The maximum Gasteiger partial charge on any atom is 0.255 e. The van der Waals surface area contributed by atoms with Crippen LogP contribution in [0, 0.1) is 12.7 Å². The zero-order valence-electron chi connectivity index (χ0n) is 18.0. The van der Waals surface area contributed by atoms with Crippen LogP contribution in [-0.2, 0) is 0 Å². The van der Waals surface area contributed by atoms with Crippen molar-refractivity contribution in [3.8, 4) is 5.69 Å². The Morgan fingerprint density at radius 3 is 2.22 bits per heavy atom. The van der Waals surface area contributed by atoms with Gasteiger partial charge in [0, 0.05) is 28.5 Å². The third-order valence-electron chi connectivity index (χ3n) is 4.99. The summed E-state index contributed by atoms with van der Waals surface area (Å²) in [6.45, 7) is 5.65. The Labute approximate surface area is 185 Å². The summed E-state index contributed by atoms with van der Waals surface area (Å²) < 4.78 is 15.2. The van der Waals surface area contributed by atoms with Crippen molar-refractivity contribution in [1.82, 2.24) is 14.9 Å². The highest BCUT2D eigenvalue weighted by atomic mass is 19.1. The van der Waals surface area contributed by atoms with Gasteiger partial charge < -0.3 is 10.6 Å². The molecule has 1 heterocycles. The Bertz CT molecular complexity index is 1290. The molecule has 0 aliphatic rings. The first-order valence-corrected chi connectivity index (χ1v) is 10.3. The number of amides is 2. The van der Waals surface area contributed by atoms with E-state index in [1.807, 2.05) is 25.3 Å². The zero-order chi connectivity index (χ0) is 22.8. The molecule has 0 bridgehead atoms. The minimum Gasteiger partial charge on any atom is -0.350 e. The van der Waals surface area contributed by atoms with Gasteiger partial charge in [-0.25, -0.2) is 9.37 Å². The highest BCUT2D eigenvalue weighted by Gasteiger charge is 2.14. The number of anilines is 1. The molecular formula is C25H23FN4O2. The summed E-state index contributed by atoms with van der Waals surface area (Å²) in [5.41, 5.74) is 3.82. The molecule has 0 unspecified atom stereocenters. The summed E-state index contributed by atoms with van der Waals surface area (Å²) in [5.74, 6) is -0.0217. The lowest BCUT2D eigenvalue weighted by atomic mass is 10.1. The lowest BCUT2D eigenvalue weighted by molar-refractivity contribution is 0.0942. The smallest absolute Gasteiger partial charge is 0.255 e. The minimum atomic E-state index is -0.316. The number of imidazole rings is 1. The van der Waals surface area contributed by atoms with Crippen LogP contribution in [0.3, 0.4) is 0 Å². The standard InChI is InChI=1S/C25H23FN4O2/c1-15(2)27-24(31)17-4-9-20(10-5-17)29-25(32)18-6-13-22-23(14-18)30(16(3)28-22)21-11-7-19(26)8-12-21/h4-15H,1-3H3,(H,27,31)(H,29,32).